The maximum atomic E-state index is 10.9. The Labute approximate surface area is 134 Å². The summed E-state index contributed by atoms with van der Waals surface area (Å²) in [5.74, 6) is 0.434. The number of hydrogen-bond acceptors (Lipinski definition) is 3. The molecule has 0 spiro atoms. The highest BCUT2D eigenvalue weighted by molar-refractivity contribution is 5.25. The first-order valence-electron chi connectivity index (χ1n) is 8.92. The van der Waals surface area contributed by atoms with E-state index in [0.717, 1.165) is 44.9 Å². The van der Waals surface area contributed by atoms with Gasteiger partial charge in [0, 0.05) is 12.5 Å². The van der Waals surface area contributed by atoms with Gasteiger partial charge in [0.2, 0.25) is 0 Å². The van der Waals surface area contributed by atoms with Crippen LogP contribution in [-0.2, 0) is 0 Å². The quantitative estimate of drug-likeness (QED) is 0.687. The van der Waals surface area contributed by atoms with Crippen molar-refractivity contribution in [2.24, 2.45) is 22.7 Å². The Hall–Kier alpha value is -0.380. The predicted octanol–water partition coefficient (Wildman–Crippen LogP) is 3.03. The van der Waals surface area contributed by atoms with Gasteiger partial charge in [-0.25, -0.2) is 0 Å². The zero-order valence-corrected chi connectivity index (χ0v) is 14.3. The molecule has 0 aromatic heterocycles. The van der Waals surface area contributed by atoms with E-state index in [0.29, 0.717) is 0 Å². The Morgan fingerprint density at radius 2 is 1.95 bits per heavy atom. The molecule has 3 nitrogen and oxygen atoms in total. The second-order valence-corrected chi connectivity index (χ2v) is 8.99. The van der Waals surface area contributed by atoms with E-state index in [1.807, 2.05) is 6.92 Å². The average Bonchev–Trinajstić information content (AvgIpc) is 2.35. The largest absolute Gasteiger partial charge is 0.396 e. The van der Waals surface area contributed by atoms with Crippen LogP contribution in [0.4, 0.5) is 0 Å². The second-order valence-electron chi connectivity index (χ2n) is 8.99. The van der Waals surface area contributed by atoms with Gasteiger partial charge in [-0.2, -0.15) is 0 Å². The number of rotatable bonds is 2. The van der Waals surface area contributed by atoms with Crippen LogP contribution in [0.5, 0.6) is 0 Å². The van der Waals surface area contributed by atoms with Crippen LogP contribution in [0.2, 0.25) is 0 Å². The fraction of sp³-hybridized carbons (Fsp3) is 0.895. The van der Waals surface area contributed by atoms with Crippen molar-refractivity contribution >= 4 is 0 Å². The van der Waals surface area contributed by atoms with Crippen molar-refractivity contribution in [3.05, 3.63) is 11.6 Å². The lowest BCUT2D eigenvalue weighted by atomic mass is 9.47. The molecule has 22 heavy (non-hydrogen) atoms. The zero-order valence-electron chi connectivity index (χ0n) is 14.3. The molecule has 3 N–H and O–H groups in total. The highest BCUT2D eigenvalue weighted by Crippen LogP contribution is 2.61. The Bertz CT molecular complexity index is 469. The van der Waals surface area contributed by atoms with Crippen molar-refractivity contribution in [1.82, 2.24) is 0 Å². The molecule has 2 fully saturated rings. The molecule has 3 aliphatic rings. The van der Waals surface area contributed by atoms with Crippen molar-refractivity contribution in [2.45, 2.75) is 77.4 Å². The smallest absolute Gasteiger partial charge is 0.0656 e. The van der Waals surface area contributed by atoms with Crippen LogP contribution in [0.3, 0.4) is 0 Å². The highest BCUT2D eigenvalue weighted by Gasteiger charge is 2.57. The molecule has 3 heteroatoms. The summed E-state index contributed by atoms with van der Waals surface area (Å²) in [6.07, 6.45) is 8.41. The second kappa shape index (κ2) is 5.32. The average molecular weight is 308 g/mol. The summed E-state index contributed by atoms with van der Waals surface area (Å²) in [7, 11) is 0. The lowest BCUT2D eigenvalue weighted by Crippen LogP contribution is -2.57. The molecule has 0 bridgehead atoms. The van der Waals surface area contributed by atoms with Crippen molar-refractivity contribution in [3.8, 4) is 0 Å². The summed E-state index contributed by atoms with van der Waals surface area (Å²) < 4.78 is 0. The van der Waals surface area contributed by atoms with Crippen LogP contribution >= 0.6 is 0 Å². The molecule has 0 aliphatic heterocycles. The summed E-state index contributed by atoms with van der Waals surface area (Å²) in [6, 6.07) is 0. The topological polar surface area (TPSA) is 60.7 Å². The first kappa shape index (κ1) is 16.5. The van der Waals surface area contributed by atoms with Crippen LogP contribution in [0.15, 0.2) is 11.6 Å². The minimum absolute atomic E-state index is 0.00575. The Morgan fingerprint density at radius 1 is 1.23 bits per heavy atom. The zero-order chi connectivity index (χ0) is 16.2. The van der Waals surface area contributed by atoms with Gasteiger partial charge in [0.1, 0.15) is 0 Å². The monoisotopic (exact) mass is 308 g/mol. The van der Waals surface area contributed by atoms with E-state index in [1.165, 1.54) is 5.57 Å². The molecule has 3 rings (SSSR count). The Kier molecular flexibility index (Phi) is 3.99. The van der Waals surface area contributed by atoms with Crippen molar-refractivity contribution in [2.75, 3.05) is 6.61 Å². The Morgan fingerprint density at radius 3 is 2.64 bits per heavy atom. The molecule has 2 saturated carbocycles. The summed E-state index contributed by atoms with van der Waals surface area (Å²) in [6.45, 7) is 6.66. The molecule has 0 unspecified atom stereocenters. The van der Waals surface area contributed by atoms with E-state index < -0.39 is 5.60 Å². The molecular formula is C19H32O3. The maximum Gasteiger partial charge on any atom is 0.0656 e. The molecule has 3 aliphatic carbocycles. The first-order chi connectivity index (χ1) is 10.2. The number of allylic oxidation sites excluding steroid dienone is 1. The fourth-order valence-corrected chi connectivity index (χ4v) is 6.12. The number of aliphatic hydroxyl groups is 3. The van der Waals surface area contributed by atoms with E-state index >= 15 is 0 Å². The van der Waals surface area contributed by atoms with Gasteiger partial charge in [0.25, 0.3) is 0 Å². The maximum absolute atomic E-state index is 10.9. The minimum atomic E-state index is -0.611. The van der Waals surface area contributed by atoms with Gasteiger partial charge in [-0.05, 0) is 62.2 Å². The number of fused-ring (bicyclic) bond motifs is 3. The predicted molar refractivity (Wildman–Crippen MR) is 87.3 cm³/mol. The third-order valence-corrected chi connectivity index (χ3v) is 7.10. The van der Waals surface area contributed by atoms with Crippen molar-refractivity contribution in [1.29, 1.82) is 0 Å². The van der Waals surface area contributed by atoms with Gasteiger partial charge in [0.05, 0.1) is 11.7 Å². The van der Waals surface area contributed by atoms with E-state index in [4.69, 9.17) is 0 Å². The lowest BCUT2D eigenvalue weighted by molar-refractivity contribution is -0.143. The standard InChI is InChI=1S/C19H32O3/c1-17(9-10-20)11-13-5-6-15-18(2,16(13)14(21)12-17)7-4-8-19(15,3)22/h5,14-16,20-22H,4,6-12H2,1-3H3/t14-,15-,16-,17-,18+,19-/m1/s1. The number of hydrogen-bond donors (Lipinski definition) is 3. The van der Waals surface area contributed by atoms with Gasteiger partial charge in [-0.3, -0.25) is 0 Å². The molecule has 0 aromatic carbocycles. The normalized spacial score (nSPS) is 51.7. The van der Waals surface area contributed by atoms with Crippen LogP contribution in [0.25, 0.3) is 0 Å². The van der Waals surface area contributed by atoms with Gasteiger partial charge < -0.3 is 15.3 Å². The molecular weight excluding hydrogens is 276 g/mol. The van der Waals surface area contributed by atoms with E-state index in [-0.39, 0.29) is 35.4 Å². The van der Waals surface area contributed by atoms with Gasteiger partial charge in [-0.1, -0.05) is 31.9 Å². The SMILES string of the molecule is C[C@@]1(CCO)CC2=CC[C@@H]3[C@](C)(CCC[C@@]3(C)O)[C@H]2[C@H](O)C1. The van der Waals surface area contributed by atoms with Crippen LogP contribution < -0.4 is 0 Å². The molecule has 0 amide bonds. The third-order valence-electron chi connectivity index (χ3n) is 7.10. The number of aliphatic hydroxyl groups excluding tert-OH is 2. The lowest BCUT2D eigenvalue weighted by Gasteiger charge is -2.59. The molecule has 126 valence electrons. The van der Waals surface area contributed by atoms with E-state index in [1.54, 1.807) is 0 Å². The molecule has 0 aromatic rings. The van der Waals surface area contributed by atoms with Crippen LogP contribution in [0, 0.1) is 22.7 Å². The van der Waals surface area contributed by atoms with Crippen LogP contribution in [0.1, 0.15) is 65.7 Å². The molecule has 0 heterocycles. The molecule has 0 radical (unpaired) electrons. The van der Waals surface area contributed by atoms with Crippen LogP contribution in [-0.4, -0.2) is 33.6 Å². The fourth-order valence-electron chi connectivity index (χ4n) is 6.12. The summed E-state index contributed by atoms with van der Waals surface area (Å²) in [4.78, 5) is 0. The Balaban J connectivity index is 1.95. The molecule has 6 atom stereocenters. The van der Waals surface area contributed by atoms with Gasteiger partial charge >= 0.3 is 0 Å². The highest BCUT2D eigenvalue weighted by atomic mass is 16.3. The van der Waals surface area contributed by atoms with E-state index in [9.17, 15) is 15.3 Å². The summed E-state index contributed by atoms with van der Waals surface area (Å²) in [5, 5.41) is 31.1. The third kappa shape index (κ3) is 2.46. The van der Waals surface area contributed by atoms with Crippen molar-refractivity contribution < 1.29 is 15.3 Å². The summed E-state index contributed by atoms with van der Waals surface area (Å²) in [5.41, 5.74) is 0.787. The van der Waals surface area contributed by atoms with Gasteiger partial charge in [0.15, 0.2) is 0 Å². The summed E-state index contributed by atoms with van der Waals surface area (Å²) >= 11 is 0. The molecule has 0 saturated heterocycles. The van der Waals surface area contributed by atoms with E-state index in [2.05, 4.69) is 19.9 Å². The van der Waals surface area contributed by atoms with Gasteiger partial charge in [-0.15, -0.1) is 0 Å². The van der Waals surface area contributed by atoms with Crippen molar-refractivity contribution in [3.63, 3.8) is 0 Å². The minimum Gasteiger partial charge on any atom is -0.396 e. The first-order valence-corrected chi connectivity index (χ1v) is 8.92.